The van der Waals surface area contributed by atoms with Crippen molar-refractivity contribution in [2.45, 2.75) is 38.5 Å². The third kappa shape index (κ3) is 4.29. The fourth-order valence-corrected chi connectivity index (χ4v) is 6.40. The largest absolute Gasteiger partial charge is 0.311 e. The van der Waals surface area contributed by atoms with Crippen LogP contribution in [0.2, 0.25) is 0 Å². The number of rotatable bonds is 4. The fourth-order valence-electron chi connectivity index (χ4n) is 6.40. The number of anilines is 3. The van der Waals surface area contributed by atoms with Crippen LogP contribution in [0, 0.1) is 13.8 Å². The van der Waals surface area contributed by atoms with E-state index in [1.54, 1.807) is 0 Å². The first kappa shape index (κ1) is 23.7. The van der Waals surface area contributed by atoms with Gasteiger partial charge in [-0.3, -0.25) is 0 Å². The molecule has 1 nitrogen and oxygen atoms in total. The van der Waals surface area contributed by atoms with E-state index in [9.17, 15) is 0 Å². The van der Waals surface area contributed by atoms with Crippen LogP contribution in [0.3, 0.4) is 0 Å². The maximum atomic E-state index is 2.40. The Kier molecular flexibility index (Phi) is 5.93. The lowest BCUT2D eigenvalue weighted by Crippen LogP contribution is -2.21. The highest BCUT2D eigenvalue weighted by atomic mass is 15.1. The highest BCUT2D eigenvalue weighted by Gasteiger charge is 2.38. The van der Waals surface area contributed by atoms with Gasteiger partial charge in [-0.1, -0.05) is 96.1 Å². The Hall–Kier alpha value is -4.36. The lowest BCUT2D eigenvalue weighted by Gasteiger charge is -2.37. The first-order chi connectivity index (χ1) is 19.2. The maximum absolute atomic E-state index is 2.40. The van der Waals surface area contributed by atoms with Crippen molar-refractivity contribution in [2.75, 3.05) is 4.90 Å². The number of benzene rings is 5. The number of hydrogen-bond acceptors (Lipinski definition) is 1. The van der Waals surface area contributed by atoms with Crippen LogP contribution in [0.5, 0.6) is 0 Å². The second kappa shape index (κ2) is 9.75. The van der Waals surface area contributed by atoms with Gasteiger partial charge >= 0.3 is 0 Å². The van der Waals surface area contributed by atoms with Crippen molar-refractivity contribution in [3.05, 3.63) is 160 Å². The van der Waals surface area contributed by atoms with Crippen molar-refractivity contribution in [1.29, 1.82) is 0 Å². The van der Waals surface area contributed by atoms with Crippen molar-refractivity contribution < 1.29 is 0 Å². The minimum Gasteiger partial charge on any atom is -0.311 e. The van der Waals surface area contributed by atoms with E-state index in [2.05, 4.69) is 146 Å². The SMILES string of the molecule is Cc1ccc(N(c2ccc(C)cc2)c2ccc(C=C3c4ccccc4C4CCC4c4ccccc43)cc2)cc1. The van der Waals surface area contributed by atoms with Gasteiger partial charge in [0.25, 0.3) is 0 Å². The van der Waals surface area contributed by atoms with E-state index < -0.39 is 0 Å². The average Bonchev–Trinajstić information content (AvgIpc) is 3.02. The Balaban J connectivity index is 1.32. The molecule has 5 aromatic carbocycles. The van der Waals surface area contributed by atoms with Crippen molar-refractivity contribution >= 4 is 28.7 Å². The van der Waals surface area contributed by atoms with Gasteiger partial charge in [0.1, 0.15) is 0 Å². The minimum atomic E-state index is 0.633. The minimum absolute atomic E-state index is 0.633. The second-order valence-electron chi connectivity index (χ2n) is 11.1. The molecule has 0 saturated heterocycles. The van der Waals surface area contributed by atoms with Gasteiger partial charge in [-0.25, -0.2) is 0 Å². The molecule has 0 aromatic heterocycles. The van der Waals surface area contributed by atoms with Crippen LogP contribution in [-0.2, 0) is 0 Å². The molecule has 0 spiro atoms. The Morgan fingerprint density at radius 1 is 0.513 bits per heavy atom. The summed E-state index contributed by atoms with van der Waals surface area (Å²) in [6, 6.07) is 44.8. The van der Waals surface area contributed by atoms with Gasteiger partial charge < -0.3 is 4.90 Å². The summed E-state index contributed by atoms with van der Waals surface area (Å²) in [4.78, 5) is 2.34. The zero-order valence-electron chi connectivity index (χ0n) is 22.6. The molecule has 0 amide bonds. The third-order valence-corrected chi connectivity index (χ3v) is 8.62. The Labute approximate surface area is 232 Å². The van der Waals surface area contributed by atoms with Crippen molar-refractivity contribution in [3.8, 4) is 0 Å². The topological polar surface area (TPSA) is 3.24 Å². The summed E-state index contributed by atoms with van der Waals surface area (Å²) < 4.78 is 0. The summed E-state index contributed by atoms with van der Waals surface area (Å²) in [6.07, 6.45) is 4.96. The molecule has 0 radical (unpaired) electrons. The first-order valence-corrected chi connectivity index (χ1v) is 14.1. The van der Waals surface area contributed by atoms with Crippen molar-refractivity contribution in [2.24, 2.45) is 0 Å². The molecular weight excluding hydrogens is 470 g/mol. The number of fused-ring (bicyclic) bond motifs is 5. The summed E-state index contributed by atoms with van der Waals surface area (Å²) >= 11 is 0. The Morgan fingerprint density at radius 3 is 1.36 bits per heavy atom. The Morgan fingerprint density at radius 2 is 0.923 bits per heavy atom. The van der Waals surface area contributed by atoms with Crippen molar-refractivity contribution in [3.63, 3.8) is 0 Å². The van der Waals surface area contributed by atoms with Crippen LogP contribution in [0.4, 0.5) is 17.1 Å². The molecule has 0 N–H and O–H groups in total. The number of aryl methyl sites for hydroxylation is 2. The summed E-state index contributed by atoms with van der Waals surface area (Å²) in [5.74, 6) is 1.27. The smallest absolute Gasteiger partial charge is 0.0462 e. The predicted molar refractivity (Wildman–Crippen MR) is 165 cm³/mol. The standard InChI is InChI=1S/C38H33N/c1-26-11-17-29(18-12-26)39(30-19-13-27(2)14-20-30)31-21-15-28(16-22-31)25-38-34-9-5-3-7-32(34)36-23-24-37(36)33-8-4-6-10-35(33)38/h3-22,25,36-37H,23-24H2,1-2H3. The third-order valence-electron chi connectivity index (χ3n) is 8.62. The molecule has 1 heteroatoms. The summed E-state index contributed by atoms with van der Waals surface area (Å²) in [7, 11) is 0. The second-order valence-corrected chi connectivity index (χ2v) is 11.1. The van der Waals surface area contributed by atoms with E-state index in [1.807, 2.05) is 0 Å². The molecule has 2 aliphatic carbocycles. The van der Waals surface area contributed by atoms with E-state index in [0.29, 0.717) is 11.8 Å². The molecular formula is C38H33N. The highest BCUT2D eigenvalue weighted by molar-refractivity contribution is 5.95. The molecule has 2 unspecified atom stereocenters. The van der Waals surface area contributed by atoms with Gasteiger partial charge in [0, 0.05) is 17.1 Å². The van der Waals surface area contributed by atoms with Crippen LogP contribution in [-0.4, -0.2) is 0 Å². The van der Waals surface area contributed by atoms with Crippen molar-refractivity contribution in [1.82, 2.24) is 0 Å². The number of hydrogen-bond donors (Lipinski definition) is 0. The van der Waals surface area contributed by atoms with E-state index >= 15 is 0 Å². The molecule has 2 aliphatic rings. The van der Waals surface area contributed by atoms with Gasteiger partial charge in [0.2, 0.25) is 0 Å². The quantitative estimate of drug-likeness (QED) is 0.236. The summed E-state index contributed by atoms with van der Waals surface area (Å²) in [5, 5.41) is 0. The van der Waals surface area contributed by atoms with Crippen LogP contribution in [0.1, 0.15) is 63.6 Å². The van der Waals surface area contributed by atoms with Gasteiger partial charge in [-0.15, -0.1) is 0 Å². The summed E-state index contributed by atoms with van der Waals surface area (Å²) in [6.45, 7) is 4.27. The van der Waals surface area contributed by atoms with E-state index in [1.165, 1.54) is 57.4 Å². The predicted octanol–water partition coefficient (Wildman–Crippen LogP) is 10.3. The van der Waals surface area contributed by atoms with Crippen LogP contribution < -0.4 is 4.90 Å². The zero-order chi connectivity index (χ0) is 26.3. The number of nitrogens with zero attached hydrogens (tertiary/aromatic N) is 1. The molecule has 1 fully saturated rings. The molecule has 5 aromatic rings. The lowest BCUT2D eigenvalue weighted by molar-refractivity contribution is 0.347. The highest BCUT2D eigenvalue weighted by Crippen LogP contribution is 2.55. The Bertz CT molecular complexity index is 1560. The molecule has 190 valence electrons. The monoisotopic (exact) mass is 503 g/mol. The maximum Gasteiger partial charge on any atom is 0.0462 e. The normalized spacial score (nSPS) is 17.2. The van der Waals surface area contributed by atoms with E-state index in [-0.39, 0.29) is 0 Å². The molecule has 0 bridgehead atoms. The first-order valence-electron chi connectivity index (χ1n) is 14.1. The van der Waals surface area contributed by atoms with Gasteiger partial charge in [-0.05, 0) is 114 Å². The molecule has 39 heavy (non-hydrogen) atoms. The molecule has 7 rings (SSSR count). The molecule has 1 saturated carbocycles. The lowest BCUT2D eigenvalue weighted by atomic mass is 9.67. The van der Waals surface area contributed by atoms with Crippen LogP contribution in [0.25, 0.3) is 11.6 Å². The van der Waals surface area contributed by atoms with Gasteiger partial charge in [0.15, 0.2) is 0 Å². The molecule has 0 heterocycles. The van der Waals surface area contributed by atoms with E-state index in [4.69, 9.17) is 0 Å². The summed E-state index contributed by atoms with van der Waals surface area (Å²) in [5.41, 5.74) is 14.4. The van der Waals surface area contributed by atoms with Gasteiger partial charge in [0.05, 0.1) is 0 Å². The van der Waals surface area contributed by atoms with Crippen LogP contribution in [0.15, 0.2) is 121 Å². The fraction of sp³-hybridized carbons (Fsp3) is 0.158. The van der Waals surface area contributed by atoms with Crippen LogP contribution >= 0.6 is 0 Å². The molecule has 0 aliphatic heterocycles. The van der Waals surface area contributed by atoms with Gasteiger partial charge in [-0.2, -0.15) is 0 Å². The molecule has 2 atom stereocenters. The zero-order valence-corrected chi connectivity index (χ0v) is 22.6. The average molecular weight is 504 g/mol. The van der Waals surface area contributed by atoms with E-state index in [0.717, 1.165) is 17.1 Å².